The van der Waals surface area contributed by atoms with Crippen molar-refractivity contribution in [1.82, 2.24) is 5.32 Å². The van der Waals surface area contributed by atoms with Crippen LogP contribution in [0.3, 0.4) is 0 Å². The van der Waals surface area contributed by atoms with Crippen molar-refractivity contribution in [2.45, 2.75) is 95.8 Å². The SMILES string of the molecule is CCCNC1CCCCCCCCCCC1S(=O)(=O)CC. The molecule has 0 aromatic carbocycles. The van der Waals surface area contributed by atoms with Crippen molar-refractivity contribution in [3.63, 3.8) is 0 Å². The summed E-state index contributed by atoms with van der Waals surface area (Å²) in [5.74, 6) is 0.280. The standard InChI is InChI=1S/C17H35NO2S/c1-3-15-18-16-13-11-9-7-5-6-8-10-12-14-17(16)21(19,20)4-2/h16-18H,3-15H2,1-2H3. The maximum absolute atomic E-state index is 12.5. The van der Waals surface area contributed by atoms with Crippen LogP contribution in [-0.2, 0) is 9.84 Å². The van der Waals surface area contributed by atoms with Crippen molar-refractivity contribution in [2.75, 3.05) is 12.3 Å². The second-order valence-corrected chi connectivity index (χ2v) is 8.96. The maximum atomic E-state index is 12.5. The summed E-state index contributed by atoms with van der Waals surface area (Å²) in [6.07, 6.45) is 12.9. The van der Waals surface area contributed by atoms with Crippen LogP contribution in [0.5, 0.6) is 0 Å². The molecule has 1 aliphatic carbocycles. The molecule has 1 rings (SSSR count). The Morgan fingerprint density at radius 2 is 1.38 bits per heavy atom. The fraction of sp³-hybridized carbons (Fsp3) is 1.00. The number of nitrogens with one attached hydrogen (secondary N) is 1. The van der Waals surface area contributed by atoms with Gasteiger partial charge in [-0.1, -0.05) is 65.2 Å². The fourth-order valence-corrected chi connectivity index (χ4v) is 5.05. The van der Waals surface area contributed by atoms with E-state index in [1.54, 1.807) is 6.92 Å². The Bertz CT molecular complexity index is 354. The minimum Gasteiger partial charge on any atom is -0.313 e. The van der Waals surface area contributed by atoms with E-state index in [-0.39, 0.29) is 17.0 Å². The highest BCUT2D eigenvalue weighted by molar-refractivity contribution is 7.92. The predicted molar refractivity (Wildman–Crippen MR) is 91.5 cm³/mol. The first kappa shape index (κ1) is 19.0. The van der Waals surface area contributed by atoms with E-state index in [1.165, 1.54) is 38.5 Å². The molecule has 0 aromatic rings. The molecule has 4 heteroatoms. The van der Waals surface area contributed by atoms with Crippen LogP contribution in [0, 0.1) is 0 Å². The molecule has 1 saturated carbocycles. The van der Waals surface area contributed by atoms with Crippen LogP contribution in [0.4, 0.5) is 0 Å². The lowest BCUT2D eigenvalue weighted by Crippen LogP contribution is -2.45. The Kier molecular flexibility index (Phi) is 9.57. The Balaban J connectivity index is 2.77. The van der Waals surface area contributed by atoms with Gasteiger partial charge in [0.05, 0.1) is 5.25 Å². The molecule has 0 heterocycles. The zero-order valence-electron chi connectivity index (χ0n) is 14.1. The third kappa shape index (κ3) is 7.14. The average Bonchev–Trinajstić information content (AvgIpc) is 2.46. The zero-order valence-corrected chi connectivity index (χ0v) is 14.9. The third-order valence-electron chi connectivity index (χ3n) is 4.72. The van der Waals surface area contributed by atoms with E-state index in [2.05, 4.69) is 12.2 Å². The quantitative estimate of drug-likeness (QED) is 0.831. The van der Waals surface area contributed by atoms with E-state index in [4.69, 9.17) is 0 Å². The molecule has 21 heavy (non-hydrogen) atoms. The van der Waals surface area contributed by atoms with Crippen LogP contribution in [0.15, 0.2) is 0 Å². The van der Waals surface area contributed by atoms with Crippen molar-refractivity contribution >= 4 is 9.84 Å². The van der Waals surface area contributed by atoms with E-state index < -0.39 is 9.84 Å². The summed E-state index contributed by atoms with van der Waals surface area (Å²) in [6.45, 7) is 4.87. The monoisotopic (exact) mass is 317 g/mol. The van der Waals surface area contributed by atoms with Crippen molar-refractivity contribution < 1.29 is 8.42 Å². The minimum atomic E-state index is -2.95. The maximum Gasteiger partial charge on any atom is 0.154 e. The highest BCUT2D eigenvalue weighted by Crippen LogP contribution is 2.22. The Hall–Kier alpha value is -0.0900. The second kappa shape index (κ2) is 10.6. The van der Waals surface area contributed by atoms with Gasteiger partial charge in [-0.2, -0.15) is 0 Å². The average molecular weight is 318 g/mol. The molecule has 2 unspecified atom stereocenters. The fourth-order valence-electron chi connectivity index (χ4n) is 3.36. The molecular weight excluding hydrogens is 282 g/mol. The first-order valence-electron chi connectivity index (χ1n) is 9.06. The molecule has 0 spiro atoms. The van der Waals surface area contributed by atoms with Crippen molar-refractivity contribution in [3.05, 3.63) is 0 Å². The van der Waals surface area contributed by atoms with Crippen molar-refractivity contribution in [3.8, 4) is 0 Å². The van der Waals surface area contributed by atoms with Gasteiger partial charge in [-0.05, 0) is 25.8 Å². The van der Waals surface area contributed by atoms with Crippen LogP contribution in [-0.4, -0.2) is 32.0 Å². The Morgan fingerprint density at radius 1 is 0.857 bits per heavy atom. The summed E-state index contributed by atoms with van der Waals surface area (Å²) >= 11 is 0. The van der Waals surface area contributed by atoms with Crippen LogP contribution in [0.1, 0.15) is 84.5 Å². The first-order chi connectivity index (χ1) is 10.1. The Labute approximate surface area is 132 Å². The van der Waals surface area contributed by atoms with Gasteiger partial charge in [0.15, 0.2) is 9.84 Å². The lowest BCUT2D eigenvalue weighted by molar-refractivity contribution is 0.400. The first-order valence-corrected chi connectivity index (χ1v) is 10.8. The molecule has 0 bridgehead atoms. The summed E-state index contributed by atoms with van der Waals surface area (Å²) < 4.78 is 25.0. The molecule has 0 amide bonds. The van der Waals surface area contributed by atoms with Gasteiger partial charge in [0, 0.05) is 11.8 Å². The summed E-state index contributed by atoms with van der Waals surface area (Å²) in [4.78, 5) is 0. The molecule has 1 aliphatic rings. The van der Waals surface area contributed by atoms with Crippen LogP contribution >= 0.6 is 0 Å². The van der Waals surface area contributed by atoms with Gasteiger partial charge in [-0.25, -0.2) is 8.42 Å². The number of hydrogen-bond acceptors (Lipinski definition) is 3. The van der Waals surface area contributed by atoms with E-state index in [1.807, 2.05) is 0 Å². The highest BCUT2D eigenvalue weighted by atomic mass is 32.2. The van der Waals surface area contributed by atoms with Crippen molar-refractivity contribution in [1.29, 1.82) is 0 Å². The van der Waals surface area contributed by atoms with E-state index >= 15 is 0 Å². The molecule has 1 fully saturated rings. The van der Waals surface area contributed by atoms with Crippen LogP contribution in [0.25, 0.3) is 0 Å². The van der Waals surface area contributed by atoms with Gasteiger partial charge in [0.25, 0.3) is 0 Å². The second-order valence-electron chi connectivity index (χ2n) is 6.46. The lowest BCUT2D eigenvalue weighted by Gasteiger charge is -2.28. The molecule has 0 radical (unpaired) electrons. The van der Waals surface area contributed by atoms with Gasteiger partial charge >= 0.3 is 0 Å². The number of hydrogen-bond donors (Lipinski definition) is 1. The smallest absolute Gasteiger partial charge is 0.154 e. The van der Waals surface area contributed by atoms with Gasteiger partial charge in [-0.3, -0.25) is 0 Å². The molecule has 0 saturated heterocycles. The zero-order chi connectivity index (χ0) is 15.6. The van der Waals surface area contributed by atoms with E-state index in [0.29, 0.717) is 0 Å². The number of sulfone groups is 1. The number of rotatable bonds is 5. The molecule has 1 N–H and O–H groups in total. The van der Waals surface area contributed by atoms with Crippen molar-refractivity contribution in [2.24, 2.45) is 0 Å². The molecular formula is C17H35NO2S. The van der Waals surface area contributed by atoms with E-state index in [0.717, 1.165) is 38.6 Å². The summed E-state index contributed by atoms with van der Waals surface area (Å²) in [5.41, 5.74) is 0. The molecule has 0 aliphatic heterocycles. The molecule has 2 atom stereocenters. The third-order valence-corrected chi connectivity index (χ3v) is 7.01. The summed E-state index contributed by atoms with van der Waals surface area (Å²) in [5, 5.41) is 3.36. The molecule has 3 nitrogen and oxygen atoms in total. The van der Waals surface area contributed by atoms with Gasteiger partial charge in [0.2, 0.25) is 0 Å². The summed E-state index contributed by atoms with van der Waals surface area (Å²) in [6, 6.07) is 0.161. The van der Waals surface area contributed by atoms with E-state index in [9.17, 15) is 8.42 Å². The topological polar surface area (TPSA) is 46.2 Å². The summed E-state index contributed by atoms with van der Waals surface area (Å²) in [7, 11) is -2.95. The highest BCUT2D eigenvalue weighted by Gasteiger charge is 2.31. The largest absolute Gasteiger partial charge is 0.313 e. The van der Waals surface area contributed by atoms with Crippen LogP contribution < -0.4 is 5.32 Å². The molecule has 126 valence electrons. The molecule has 0 aromatic heterocycles. The normalized spacial score (nSPS) is 26.8. The lowest BCUT2D eigenvalue weighted by atomic mass is 9.97. The van der Waals surface area contributed by atoms with Gasteiger partial charge in [-0.15, -0.1) is 0 Å². The van der Waals surface area contributed by atoms with Gasteiger partial charge in [0.1, 0.15) is 0 Å². The van der Waals surface area contributed by atoms with Crippen LogP contribution in [0.2, 0.25) is 0 Å². The predicted octanol–water partition coefficient (Wildman–Crippen LogP) is 4.07. The van der Waals surface area contributed by atoms with Gasteiger partial charge < -0.3 is 5.32 Å². The minimum absolute atomic E-state index is 0.161. The Morgan fingerprint density at radius 3 is 1.90 bits per heavy atom.